The average Bonchev–Trinajstić information content (AvgIpc) is 2.42. The van der Waals surface area contributed by atoms with Gasteiger partial charge in [-0.3, -0.25) is 9.69 Å². The highest BCUT2D eigenvalue weighted by atomic mass is 16.3. The molecule has 0 aromatic heterocycles. The number of piperidine rings is 1. The average molecular weight is 263 g/mol. The second-order valence-electron chi connectivity index (χ2n) is 5.10. The van der Waals surface area contributed by atoms with Crippen LogP contribution in [0, 0.1) is 0 Å². The predicted molar refractivity (Wildman–Crippen MR) is 73.4 cm³/mol. The molecule has 104 valence electrons. The van der Waals surface area contributed by atoms with E-state index < -0.39 is 0 Å². The molecule has 4 nitrogen and oxygen atoms in total. The Morgan fingerprint density at radius 2 is 2.00 bits per heavy atom. The summed E-state index contributed by atoms with van der Waals surface area (Å²) in [4.78, 5) is 14.4. The largest absolute Gasteiger partial charge is 0.508 e. The van der Waals surface area contributed by atoms with Crippen molar-refractivity contribution >= 4 is 5.78 Å². The zero-order valence-corrected chi connectivity index (χ0v) is 11.1. The van der Waals surface area contributed by atoms with Crippen LogP contribution in [0.15, 0.2) is 24.3 Å². The van der Waals surface area contributed by atoms with E-state index in [-0.39, 0.29) is 18.1 Å². The van der Waals surface area contributed by atoms with Crippen molar-refractivity contribution in [3.8, 4) is 5.75 Å². The Morgan fingerprint density at radius 3 is 2.68 bits per heavy atom. The molecule has 0 radical (unpaired) electrons. The number of likely N-dealkylation sites (tertiary alicyclic amines) is 1. The first kappa shape index (κ1) is 14.0. The first-order chi connectivity index (χ1) is 9.20. The van der Waals surface area contributed by atoms with Gasteiger partial charge in [-0.05, 0) is 50.1 Å². The van der Waals surface area contributed by atoms with Gasteiger partial charge in [0.1, 0.15) is 5.75 Å². The van der Waals surface area contributed by atoms with Crippen molar-refractivity contribution in [1.29, 1.82) is 0 Å². The third-order valence-electron chi connectivity index (χ3n) is 3.75. The highest BCUT2D eigenvalue weighted by molar-refractivity contribution is 5.97. The summed E-state index contributed by atoms with van der Waals surface area (Å²) in [6.45, 7) is 1.50. The molecule has 0 spiro atoms. The van der Waals surface area contributed by atoms with Crippen molar-refractivity contribution in [2.75, 3.05) is 19.7 Å². The smallest absolute Gasteiger partial charge is 0.176 e. The summed E-state index contributed by atoms with van der Waals surface area (Å²) in [5, 5.41) is 18.3. The van der Waals surface area contributed by atoms with E-state index >= 15 is 0 Å². The Kier molecular flexibility index (Phi) is 4.93. The number of rotatable bonds is 5. The van der Waals surface area contributed by atoms with Crippen LogP contribution in [0.25, 0.3) is 0 Å². The second kappa shape index (κ2) is 6.68. The molecule has 4 heteroatoms. The van der Waals surface area contributed by atoms with Crippen molar-refractivity contribution in [3.63, 3.8) is 0 Å². The number of ketones is 1. The number of nitrogens with zero attached hydrogens (tertiary/aromatic N) is 1. The molecule has 1 aliphatic rings. The van der Waals surface area contributed by atoms with Crippen molar-refractivity contribution in [3.05, 3.63) is 29.8 Å². The standard InChI is InChI=1S/C15H21NO3/c17-10-8-13-3-1-2-9-16(13)11-15(19)12-4-6-14(18)7-5-12/h4-7,13,17-18H,1-3,8-11H2. The number of aliphatic hydroxyl groups excluding tert-OH is 1. The van der Waals surface area contributed by atoms with Crippen molar-refractivity contribution < 1.29 is 15.0 Å². The number of phenolic OH excluding ortho intramolecular Hbond substituents is 1. The fourth-order valence-electron chi connectivity index (χ4n) is 2.67. The third-order valence-corrected chi connectivity index (χ3v) is 3.75. The lowest BCUT2D eigenvalue weighted by atomic mass is 9.98. The molecule has 1 aromatic rings. The van der Waals surface area contributed by atoms with Crippen LogP contribution in [-0.2, 0) is 0 Å². The van der Waals surface area contributed by atoms with Crippen LogP contribution in [0.1, 0.15) is 36.0 Å². The van der Waals surface area contributed by atoms with Crippen LogP contribution in [-0.4, -0.2) is 46.6 Å². The van der Waals surface area contributed by atoms with E-state index in [1.165, 1.54) is 18.6 Å². The van der Waals surface area contributed by atoms with E-state index in [9.17, 15) is 9.90 Å². The Bertz CT molecular complexity index is 414. The van der Waals surface area contributed by atoms with Gasteiger partial charge in [-0.1, -0.05) is 6.42 Å². The van der Waals surface area contributed by atoms with Gasteiger partial charge in [0.2, 0.25) is 0 Å². The molecule has 0 aliphatic carbocycles. The first-order valence-corrected chi connectivity index (χ1v) is 6.88. The van der Waals surface area contributed by atoms with Crippen LogP contribution in [0.5, 0.6) is 5.75 Å². The quantitative estimate of drug-likeness (QED) is 0.795. The maximum absolute atomic E-state index is 12.2. The zero-order valence-electron chi connectivity index (χ0n) is 11.1. The van der Waals surface area contributed by atoms with Gasteiger partial charge < -0.3 is 10.2 Å². The molecular formula is C15H21NO3. The van der Waals surface area contributed by atoms with Gasteiger partial charge in [0, 0.05) is 18.2 Å². The molecule has 1 aliphatic heterocycles. The highest BCUT2D eigenvalue weighted by Crippen LogP contribution is 2.20. The molecule has 0 amide bonds. The highest BCUT2D eigenvalue weighted by Gasteiger charge is 2.24. The Hall–Kier alpha value is -1.39. The van der Waals surface area contributed by atoms with E-state index in [2.05, 4.69) is 4.90 Å². The van der Waals surface area contributed by atoms with Crippen LogP contribution < -0.4 is 0 Å². The number of aromatic hydroxyl groups is 1. The molecule has 1 heterocycles. The molecule has 1 unspecified atom stereocenters. The summed E-state index contributed by atoms with van der Waals surface area (Å²) >= 11 is 0. The maximum Gasteiger partial charge on any atom is 0.176 e. The molecule has 0 saturated carbocycles. The zero-order chi connectivity index (χ0) is 13.7. The van der Waals surface area contributed by atoms with Crippen LogP contribution >= 0.6 is 0 Å². The number of benzene rings is 1. The minimum atomic E-state index is 0.0739. The van der Waals surface area contributed by atoms with Gasteiger partial charge in [-0.25, -0.2) is 0 Å². The number of phenols is 1. The molecular weight excluding hydrogens is 242 g/mol. The van der Waals surface area contributed by atoms with Gasteiger partial charge in [-0.2, -0.15) is 0 Å². The van der Waals surface area contributed by atoms with Crippen LogP contribution in [0.2, 0.25) is 0 Å². The Morgan fingerprint density at radius 1 is 1.26 bits per heavy atom. The number of carbonyl (C=O) groups excluding carboxylic acids is 1. The summed E-state index contributed by atoms with van der Waals surface area (Å²) in [5.74, 6) is 0.248. The number of carbonyl (C=O) groups is 1. The third kappa shape index (κ3) is 3.78. The lowest BCUT2D eigenvalue weighted by Gasteiger charge is -2.34. The van der Waals surface area contributed by atoms with E-state index in [1.54, 1.807) is 12.1 Å². The topological polar surface area (TPSA) is 60.8 Å². The monoisotopic (exact) mass is 263 g/mol. The van der Waals surface area contributed by atoms with Crippen molar-refractivity contribution in [1.82, 2.24) is 4.90 Å². The molecule has 1 saturated heterocycles. The van der Waals surface area contributed by atoms with Gasteiger partial charge >= 0.3 is 0 Å². The molecule has 1 fully saturated rings. The van der Waals surface area contributed by atoms with E-state index in [4.69, 9.17) is 5.11 Å². The predicted octanol–water partition coefficient (Wildman–Crippen LogP) is 1.81. The number of aliphatic hydroxyl groups is 1. The Balaban J connectivity index is 1.98. The maximum atomic E-state index is 12.2. The number of hydrogen-bond acceptors (Lipinski definition) is 4. The summed E-state index contributed by atoms with van der Waals surface area (Å²) in [6.07, 6.45) is 4.09. The summed E-state index contributed by atoms with van der Waals surface area (Å²) in [5.41, 5.74) is 0.631. The first-order valence-electron chi connectivity index (χ1n) is 6.88. The summed E-state index contributed by atoms with van der Waals surface area (Å²) in [7, 11) is 0. The van der Waals surface area contributed by atoms with Crippen molar-refractivity contribution in [2.45, 2.75) is 31.7 Å². The lowest BCUT2D eigenvalue weighted by Crippen LogP contribution is -2.43. The van der Waals surface area contributed by atoms with E-state index in [0.29, 0.717) is 18.2 Å². The van der Waals surface area contributed by atoms with Gasteiger partial charge in [0.25, 0.3) is 0 Å². The summed E-state index contributed by atoms with van der Waals surface area (Å²) < 4.78 is 0. The van der Waals surface area contributed by atoms with Crippen molar-refractivity contribution in [2.24, 2.45) is 0 Å². The van der Waals surface area contributed by atoms with E-state index in [1.807, 2.05) is 0 Å². The molecule has 0 bridgehead atoms. The molecule has 2 rings (SSSR count). The molecule has 1 aromatic carbocycles. The minimum Gasteiger partial charge on any atom is -0.508 e. The molecule has 19 heavy (non-hydrogen) atoms. The van der Waals surface area contributed by atoms with Gasteiger partial charge in [0.05, 0.1) is 6.54 Å². The summed E-state index contributed by atoms with van der Waals surface area (Å²) in [6, 6.07) is 6.70. The number of hydrogen-bond donors (Lipinski definition) is 2. The number of Topliss-reactive ketones (excluding diaryl/α,β-unsaturated/α-hetero) is 1. The second-order valence-corrected chi connectivity index (χ2v) is 5.10. The fourth-order valence-corrected chi connectivity index (χ4v) is 2.67. The van der Waals surface area contributed by atoms with E-state index in [0.717, 1.165) is 25.8 Å². The van der Waals surface area contributed by atoms with Gasteiger partial charge in [0.15, 0.2) is 5.78 Å². The van der Waals surface area contributed by atoms with Gasteiger partial charge in [-0.15, -0.1) is 0 Å². The van der Waals surface area contributed by atoms with Crippen LogP contribution in [0.3, 0.4) is 0 Å². The van der Waals surface area contributed by atoms with Crippen LogP contribution in [0.4, 0.5) is 0 Å². The SMILES string of the molecule is O=C(CN1CCCCC1CCO)c1ccc(O)cc1. The minimum absolute atomic E-state index is 0.0739. The molecule has 2 N–H and O–H groups in total. The normalized spacial score (nSPS) is 20.4. The lowest BCUT2D eigenvalue weighted by molar-refractivity contribution is 0.0799. The molecule has 1 atom stereocenters. The Labute approximate surface area is 113 Å². The fraction of sp³-hybridized carbons (Fsp3) is 0.533.